The zero-order valence-corrected chi connectivity index (χ0v) is 14.4. The molecule has 1 aliphatic rings. The Morgan fingerprint density at radius 3 is 1.96 bits per heavy atom. The average Bonchev–Trinajstić information content (AvgIpc) is 3.48. The summed E-state index contributed by atoms with van der Waals surface area (Å²) in [6.07, 6.45) is -0.183. The molecule has 25 heavy (non-hydrogen) atoms. The van der Waals surface area contributed by atoms with Crippen molar-refractivity contribution in [2.24, 2.45) is 5.73 Å². The summed E-state index contributed by atoms with van der Waals surface area (Å²) >= 11 is 0. The van der Waals surface area contributed by atoms with Crippen molar-refractivity contribution < 1.29 is 19.3 Å². The lowest BCUT2D eigenvalue weighted by Crippen LogP contribution is -2.24. The second-order valence-electron chi connectivity index (χ2n) is 5.85. The third-order valence-corrected chi connectivity index (χ3v) is 3.51. The van der Waals surface area contributed by atoms with Crippen molar-refractivity contribution in [3.8, 4) is 0 Å². The highest BCUT2D eigenvalue weighted by Gasteiger charge is 2.21. The van der Waals surface area contributed by atoms with Crippen LogP contribution in [-0.4, -0.2) is 43.7 Å². The molecule has 1 saturated heterocycles. The van der Waals surface area contributed by atoms with Crippen LogP contribution in [0.25, 0.3) is 0 Å². The first-order valence-electron chi connectivity index (χ1n) is 8.51. The van der Waals surface area contributed by atoms with Gasteiger partial charge in [-0.2, -0.15) is 0 Å². The highest BCUT2D eigenvalue weighted by atomic mass is 16.6. The molecule has 0 spiro atoms. The summed E-state index contributed by atoms with van der Waals surface area (Å²) in [5.41, 5.74) is 7.55. The normalized spacial score (nSPS) is 16.6. The highest BCUT2D eigenvalue weighted by Crippen LogP contribution is 2.10. The second-order valence-corrected chi connectivity index (χ2v) is 5.85. The Hall–Kier alpha value is -1.76. The lowest BCUT2D eigenvalue weighted by atomic mass is 10.2. The molecule has 2 atom stereocenters. The first-order chi connectivity index (χ1) is 12.3. The van der Waals surface area contributed by atoms with E-state index in [1.54, 1.807) is 0 Å². The topological polar surface area (TPSA) is 77.2 Å². The smallest absolute Gasteiger partial charge is 0.104 e. The van der Waals surface area contributed by atoms with Crippen LogP contribution >= 0.6 is 0 Å². The van der Waals surface area contributed by atoms with E-state index in [2.05, 4.69) is 12.1 Å². The fourth-order valence-corrected chi connectivity index (χ4v) is 2.00. The van der Waals surface area contributed by atoms with Crippen molar-refractivity contribution in [2.75, 3.05) is 26.4 Å². The molecule has 0 aromatic heterocycles. The van der Waals surface area contributed by atoms with Gasteiger partial charge in [0.15, 0.2) is 0 Å². The number of rotatable bonds is 9. The molecule has 5 heteroatoms. The standard InChI is InChI=1S/C10H15NO2.C10H12O2/c11-6-10(12)8-13-7-9-4-2-1-3-5-9;1-2-4-9(5-3-1)6-11-7-10-8-12-10/h1-5,10,12H,6-8,11H2;1-5,10H,6-8H2/t2*10-/m10/s1. The van der Waals surface area contributed by atoms with Gasteiger partial charge in [-0.3, -0.25) is 0 Å². The molecule has 3 rings (SSSR count). The van der Waals surface area contributed by atoms with Gasteiger partial charge < -0.3 is 25.1 Å². The van der Waals surface area contributed by atoms with Crippen molar-refractivity contribution >= 4 is 0 Å². The lowest BCUT2D eigenvalue weighted by Gasteiger charge is -2.08. The van der Waals surface area contributed by atoms with Crippen LogP contribution in [0.2, 0.25) is 0 Å². The van der Waals surface area contributed by atoms with E-state index in [1.165, 1.54) is 5.56 Å². The Morgan fingerprint density at radius 1 is 0.960 bits per heavy atom. The monoisotopic (exact) mass is 345 g/mol. The predicted octanol–water partition coefficient (Wildman–Crippen LogP) is 2.12. The minimum Gasteiger partial charge on any atom is -0.389 e. The molecule has 3 N–H and O–H groups in total. The van der Waals surface area contributed by atoms with E-state index in [0.29, 0.717) is 25.9 Å². The largest absolute Gasteiger partial charge is 0.389 e. The van der Waals surface area contributed by atoms with Gasteiger partial charge in [0.05, 0.1) is 39.1 Å². The number of aliphatic hydroxyl groups is 1. The maximum atomic E-state index is 9.09. The molecular weight excluding hydrogens is 318 g/mol. The Labute approximate surface area is 149 Å². The van der Waals surface area contributed by atoms with Crippen LogP contribution in [0.4, 0.5) is 0 Å². The van der Waals surface area contributed by atoms with Crippen molar-refractivity contribution in [1.29, 1.82) is 0 Å². The van der Waals surface area contributed by atoms with Gasteiger partial charge in [0.25, 0.3) is 0 Å². The number of ether oxygens (including phenoxy) is 3. The number of hydrogen-bond acceptors (Lipinski definition) is 5. The van der Waals surface area contributed by atoms with Crippen molar-refractivity contribution in [2.45, 2.75) is 25.4 Å². The Bertz CT molecular complexity index is 560. The molecule has 0 radical (unpaired) electrons. The summed E-state index contributed by atoms with van der Waals surface area (Å²) < 4.78 is 15.7. The summed E-state index contributed by atoms with van der Waals surface area (Å²) in [5, 5.41) is 9.09. The van der Waals surface area contributed by atoms with E-state index >= 15 is 0 Å². The van der Waals surface area contributed by atoms with Gasteiger partial charge in [-0.15, -0.1) is 0 Å². The van der Waals surface area contributed by atoms with E-state index < -0.39 is 6.10 Å². The molecule has 5 nitrogen and oxygen atoms in total. The molecular formula is C20H27NO4. The van der Waals surface area contributed by atoms with Crippen LogP contribution in [0.1, 0.15) is 11.1 Å². The number of epoxide rings is 1. The molecule has 0 aliphatic carbocycles. The zero-order valence-electron chi connectivity index (χ0n) is 14.4. The van der Waals surface area contributed by atoms with E-state index in [4.69, 9.17) is 25.1 Å². The van der Waals surface area contributed by atoms with Gasteiger partial charge in [-0.05, 0) is 11.1 Å². The van der Waals surface area contributed by atoms with E-state index in [9.17, 15) is 0 Å². The molecule has 0 unspecified atom stereocenters. The molecule has 2 aromatic rings. The van der Waals surface area contributed by atoms with Crippen LogP contribution in [0.3, 0.4) is 0 Å². The maximum Gasteiger partial charge on any atom is 0.104 e. The van der Waals surface area contributed by atoms with Gasteiger partial charge in [0.2, 0.25) is 0 Å². The van der Waals surface area contributed by atoms with E-state index in [0.717, 1.165) is 18.8 Å². The molecule has 0 saturated carbocycles. The summed E-state index contributed by atoms with van der Waals surface area (Å²) in [7, 11) is 0. The number of aliphatic hydroxyl groups excluding tert-OH is 1. The third kappa shape index (κ3) is 9.34. The maximum absolute atomic E-state index is 9.09. The fourth-order valence-electron chi connectivity index (χ4n) is 2.00. The number of benzene rings is 2. The fraction of sp³-hybridized carbons (Fsp3) is 0.400. The molecule has 1 fully saturated rings. The first kappa shape index (κ1) is 19.6. The summed E-state index contributed by atoms with van der Waals surface area (Å²) in [5.74, 6) is 0. The Balaban J connectivity index is 0.000000181. The summed E-state index contributed by atoms with van der Waals surface area (Å²) in [6.45, 7) is 3.36. The van der Waals surface area contributed by atoms with Gasteiger partial charge in [-0.25, -0.2) is 0 Å². The number of hydrogen-bond donors (Lipinski definition) is 2. The van der Waals surface area contributed by atoms with Crippen molar-refractivity contribution in [1.82, 2.24) is 0 Å². The van der Waals surface area contributed by atoms with Crippen LogP contribution in [0, 0.1) is 0 Å². The molecule has 2 aromatic carbocycles. The van der Waals surface area contributed by atoms with E-state index in [-0.39, 0.29) is 6.54 Å². The van der Waals surface area contributed by atoms with Gasteiger partial charge in [0.1, 0.15) is 6.10 Å². The van der Waals surface area contributed by atoms with Crippen molar-refractivity contribution in [3.05, 3.63) is 71.8 Å². The third-order valence-electron chi connectivity index (χ3n) is 3.51. The second kappa shape index (κ2) is 11.7. The average molecular weight is 345 g/mol. The SMILES string of the molecule is NC[C@@H](O)COCc1ccccc1.c1ccc(COC[C@H]2CO2)cc1. The van der Waals surface area contributed by atoms with Crippen molar-refractivity contribution in [3.63, 3.8) is 0 Å². The van der Waals surface area contributed by atoms with Crippen LogP contribution in [-0.2, 0) is 27.4 Å². The minimum atomic E-state index is -0.552. The molecule has 136 valence electrons. The molecule has 0 amide bonds. The number of nitrogens with two attached hydrogens (primary N) is 1. The van der Waals surface area contributed by atoms with Gasteiger partial charge >= 0.3 is 0 Å². The van der Waals surface area contributed by atoms with Gasteiger partial charge in [0, 0.05) is 6.54 Å². The van der Waals surface area contributed by atoms with Gasteiger partial charge in [-0.1, -0.05) is 60.7 Å². The molecule has 0 bridgehead atoms. The Kier molecular flexibility index (Phi) is 9.18. The van der Waals surface area contributed by atoms with Crippen LogP contribution < -0.4 is 5.73 Å². The predicted molar refractivity (Wildman–Crippen MR) is 97.0 cm³/mol. The molecule has 1 aliphatic heterocycles. The van der Waals surface area contributed by atoms with Crippen LogP contribution in [0.15, 0.2) is 60.7 Å². The zero-order chi connectivity index (χ0) is 17.7. The first-order valence-corrected chi connectivity index (χ1v) is 8.51. The minimum absolute atomic E-state index is 0.245. The molecule has 1 heterocycles. The summed E-state index contributed by atoms with van der Waals surface area (Å²) in [4.78, 5) is 0. The summed E-state index contributed by atoms with van der Waals surface area (Å²) in [6, 6.07) is 20.0. The van der Waals surface area contributed by atoms with Crippen LogP contribution in [0.5, 0.6) is 0 Å². The van der Waals surface area contributed by atoms with E-state index in [1.807, 2.05) is 48.5 Å². The lowest BCUT2D eigenvalue weighted by molar-refractivity contribution is 0.0329. The Morgan fingerprint density at radius 2 is 1.48 bits per heavy atom. The quantitative estimate of drug-likeness (QED) is 0.681. The highest BCUT2D eigenvalue weighted by molar-refractivity contribution is 5.14.